The molecule has 2 aromatic rings. The van der Waals surface area contributed by atoms with Crippen LogP contribution >= 0.6 is 0 Å². The summed E-state index contributed by atoms with van der Waals surface area (Å²) in [6.45, 7) is 6.33. The third-order valence-corrected chi connectivity index (χ3v) is 4.42. The van der Waals surface area contributed by atoms with Crippen LogP contribution < -0.4 is 10.2 Å². The smallest absolute Gasteiger partial charge is 0.225 e. The topological polar surface area (TPSA) is 56.7 Å². The standard InChI is InChI=1S/C19H24F2N6/c1-2-22-18(25-10-7-15-5-3-6-16(20)17(15)21)26-11-13-27(14-12-26)19-23-8-4-9-24-19/h3-6,8-9H,2,7,10-14H2,1H3,(H,22,25). The molecule has 1 saturated heterocycles. The Kier molecular flexibility index (Phi) is 6.51. The second kappa shape index (κ2) is 9.25. The van der Waals surface area contributed by atoms with Gasteiger partial charge in [0.1, 0.15) is 0 Å². The zero-order valence-electron chi connectivity index (χ0n) is 15.4. The SMILES string of the molecule is CCNC(=NCCc1cccc(F)c1F)N1CCN(c2ncccn2)CC1. The average molecular weight is 374 g/mol. The van der Waals surface area contributed by atoms with Crippen molar-refractivity contribution >= 4 is 11.9 Å². The molecular formula is C19H24F2N6. The second-order valence-electron chi connectivity index (χ2n) is 6.22. The summed E-state index contributed by atoms with van der Waals surface area (Å²) in [5, 5.41) is 3.28. The number of halogens is 2. The molecule has 144 valence electrons. The van der Waals surface area contributed by atoms with Crippen molar-refractivity contribution in [3.8, 4) is 0 Å². The van der Waals surface area contributed by atoms with E-state index in [0.717, 1.165) is 50.7 Å². The molecule has 27 heavy (non-hydrogen) atoms. The van der Waals surface area contributed by atoms with E-state index >= 15 is 0 Å². The molecule has 0 aliphatic carbocycles. The zero-order valence-corrected chi connectivity index (χ0v) is 15.4. The fraction of sp³-hybridized carbons (Fsp3) is 0.421. The Morgan fingerprint density at radius 2 is 1.85 bits per heavy atom. The van der Waals surface area contributed by atoms with Crippen LogP contribution in [0.5, 0.6) is 0 Å². The number of nitrogens with zero attached hydrogens (tertiary/aromatic N) is 5. The Balaban J connectivity index is 1.58. The van der Waals surface area contributed by atoms with Crippen LogP contribution in [-0.2, 0) is 6.42 Å². The van der Waals surface area contributed by atoms with Gasteiger partial charge in [-0.25, -0.2) is 18.7 Å². The van der Waals surface area contributed by atoms with Crippen molar-refractivity contribution in [2.75, 3.05) is 44.2 Å². The molecule has 0 amide bonds. The molecule has 0 spiro atoms. The summed E-state index contributed by atoms with van der Waals surface area (Å²) in [5.41, 5.74) is 0.348. The van der Waals surface area contributed by atoms with Gasteiger partial charge in [-0.1, -0.05) is 12.1 Å². The van der Waals surface area contributed by atoms with Gasteiger partial charge >= 0.3 is 0 Å². The molecule has 1 aromatic heterocycles. The van der Waals surface area contributed by atoms with E-state index in [9.17, 15) is 8.78 Å². The van der Waals surface area contributed by atoms with Gasteiger partial charge in [0.05, 0.1) is 0 Å². The van der Waals surface area contributed by atoms with Crippen molar-refractivity contribution in [2.45, 2.75) is 13.3 Å². The Morgan fingerprint density at radius 1 is 1.11 bits per heavy atom. The Bertz CT molecular complexity index is 760. The maximum atomic E-state index is 13.8. The summed E-state index contributed by atoms with van der Waals surface area (Å²) in [5.74, 6) is -0.0691. The van der Waals surface area contributed by atoms with Crippen LogP contribution in [0.2, 0.25) is 0 Å². The van der Waals surface area contributed by atoms with Crippen molar-refractivity contribution in [2.24, 2.45) is 4.99 Å². The summed E-state index contributed by atoms with van der Waals surface area (Å²) >= 11 is 0. The van der Waals surface area contributed by atoms with Gasteiger partial charge < -0.3 is 15.1 Å². The lowest BCUT2D eigenvalue weighted by molar-refractivity contribution is 0.370. The first-order chi connectivity index (χ1) is 13.2. The Labute approximate surface area is 158 Å². The Morgan fingerprint density at radius 3 is 2.56 bits per heavy atom. The van der Waals surface area contributed by atoms with Gasteiger partial charge in [0, 0.05) is 51.7 Å². The fourth-order valence-electron chi connectivity index (χ4n) is 3.02. The molecule has 1 aromatic carbocycles. The lowest BCUT2D eigenvalue weighted by Crippen LogP contribution is -2.53. The molecule has 2 heterocycles. The molecule has 3 rings (SSSR count). The van der Waals surface area contributed by atoms with Crippen LogP contribution in [0.3, 0.4) is 0 Å². The van der Waals surface area contributed by atoms with Crippen molar-refractivity contribution in [3.63, 3.8) is 0 Å². The van der Waals surface area contributed by atoms with Crippen LogP contribution in [0, 0.1) is 11.6 Å². The van der Waals surface area contributed by atoms with E-state index in [1.54, 1.807) is 24.5 Å². The van der Waals surface area contributed by atoms with E-state index in [2.05, 4.69) is 30.1 Å². The number of hydrogen-bond donors (Lipinski definition) is 1. The average Bonchev–Trinajstić information content (AvgIpc) is 2.71. The number of hydrogen-bond acceptors (Lipinski definition) is 4. The number of guanidine groups is 1. The normalized spacial score (nSPS) is 15.1. The van der Waals surface area contributed by atoms with Gasteiger partial charge in [-0.05, 0) is 31.0 Å². The molecule has 0 bridgehead atoms. The second-order valence-corrected chi connectivity index (χ2v) is 6.22. The number of anilines is 1. The number of benzene rings is 1. The molecule has 0 unspecified atom stereocenters. The van der Waals surface area contributed by atoms with E-state index in [4.69, 9.17) is 0 Å². The van der Waals surface area contributed by atoms with Crippen molar-refractivity contribution in [3.05, 3.63) is 53.9 Å². The van der Waals surface area contributed by atoms with Gasteiger partial charge in [-0.3, -0.25) is 4.99 Å². The van der Waals surface area contributed by atoms with E-state index < -0.39 is 11.6 Å². The highest BCUT2D eigenvalue weighted by Crippen LogP contribution is 2.13. The summed E-state index contributed by atoms with van der Waals surface area (Å²) in [6.07, 6.45) is 3.84. The summed E-state index contributed by atoms with van der Waals surface area (Å²) in [7, 11) is 0. The third kappa shape index (κ3) is 4.90. The van der Waals surface area contributed by atoms with Gasteiger partial charge in [0.25, 0.3) is 0 Å². The first-order valence-electron chi connectivity index (χ1n) is 9.17. The number of aliphatic imine (C=N–C) groups is 1. The highest BCUT2D eigenvalue weighted by atomic mass is 19.2. The van der Waals surface area contributed by atoms with Crippen LogP contribution in [0.4, 0.5) is 14.7 Å². The number of piperazine rings is 1. The fourth-order valence-corrected chi connectivity index (χ4v) is 3.02. The van der Waals surface area contributed by atoms with Gasteiger partial charge in [-0.15, -0.1) is 0 Å². The van der Waals surface area contributed by atoms with E-state index in [1.165, 1.54) is 6.07 Å². The highest BCUT2D eigenvalue weighted by Gasteiger charge is 2.21. The zero-order chi connectivity index (χ0) is 19.1. The first-order valence-corrected chi connectivity index (χ1v) is 9.17. The molecule has 8 heteroatoms. The van der Waals surface area contributed by atoms with E-state index in [-0.39, 0.29) is 0 Å². The third-order valence-electron chi connectivity index (χ3n) is 4.42. The van der Waals surface area contributed by atoms with Crippen LogP contribution in [0.15, 0.2) is 41.7 Å². The van der Waals surface area contributed by atoms with E-state index in [0.29, 0.717) is 18.5 Å². The monoisotopic (exact) mass is 374 g/mol. The molecule has 0 saturated carbocycles. The van der Waals surface area contributed by atoms with Gasteiger partial charge in [-0.2, -0.15) is 0 Å². The van der Waals surface area contributed by atoms with Crippen molar-refractivity contribution in [1.29, 1.82) is 0 Å². The minimum atomic E-state index is -0.817. The summed E-state index contributed by atoms with van der Waals surface area (Å²) in [4.78, 5) is 17.5. The van der Waals surface area contributed by atoms with Gasteiger partial charge in [0.2, 0.25) is 5.95 Å². The van der Waals surface area contributed by atoms with Crippen LogP contribution in [-0.4, -0.2) is 60.1 Å². The van der Waals surface area contributed by atoms with Crippen LogP contribution in [0.1, 0.15) is 12.5 Å². The summed E-state index contributed by atoms with van der Waals surface area (Å²) in [6, 6.07) is 6.05. The maximum Gasteiger partial charge on any atom is 0.225 e. The number of rotatable bonds is 5. The van der Waals surface area contributed by atoms with Crippen molar-refractivity contribution < 1.29 is 8.78 Å². The maximum absolute atomic E-state index is 13.8. The molecular weight excluding hydrogens is 350 g/mol. The predicted molar refractivity (Wildman–Crippen MR) is 102 cm³/mol. The van der Waals surface area contributed by atoms with Gasteiger partial charge in [0.15, 0.2) is 17.6 Å². The molecule has 6 nitrogen and oxygen atoms in total. The molecule has 0 radical (unpaired) electrons. The Hall–Kier alpha value is -2.77. The highest BCUT2D eigenvalue weighted by molar-refractivity contribution is 5.80. The number of aromatic nitrogens is 2. The quantitative estimate of drug-likeness (QED) is 0.642. The van der Waals surface area contributed by atoms with E-state index in [1.807, 2.05) is 6.92 Å². The lowest BCUT2D eigenvalue weighted by Gasteiger charge is -2.36. The minimum absolute atomic E-state index is 0.348. The van der Waals surface area contributed by atoms with Crippen LogP contribution in [0.25, 0.3) is 0 Å². The summed E-state index contributed by atoms with van der Waals surface area (Å²) < 4.78 is 27.1. The molecule has 0 atom stereocenters. The lowest BCUT2D eigenvalue weighted by atomic mass is 10.1. The van der Waals surface area contributed by atoms with Crippen molar-refractivity contribution in [1.82, 2.24) is 20.2 Å². The minimum Gasteiger partial charge on any atom is -0.357 e. The predicted octanol–water partition coefficient (Wildman–Crippen LogP) is 2.08. The number of nitrogens with one attached hydrogen (secondary N) is 1. The molecule has 1 fully saturated rings. The molecule has 1 N–H and O–H groups in total. The molecule has 1 aliphatic rings. The first kappa shape index (κ1) is 19.0. The molecule has 1 aliphatic heterocycles. The largest absolute Gasteiger partial charge is 0.357 e.